The first-order chi connectivity index (χ1) is 10.1. The van der Waals surface area contributed by atoms with Crippen molar-refractivity contribution in [2.75, 3.05) is 11.9 Å². The van der Waals surface area contributed by atoms with E-state index in [1.807, 2.05) is 25.1 Å². The van der Waals surface area contributed by atoms with Crippen molar-refractivity contribution in [2.24, 2.45) is 0 Å². The van der Waals surface area contributed by atoms with Gasteiger partial charge >= 0.3 is 0 Å². The maximum atomic E-state index is 11.1. The average Bonchev–Trinajstić information content (AvgIpc) is 2.48. The smallest absolute Gasteiger partial charge is 0.292 e. The second-order valence-electron chi connectivity index (χ2n) is 4.42. The molecule has 2 N–H and O–H groups in total. The first kappa shape index (κ1) is 15.2. The van der Waals surface area contributed by atoms with Gasteiger partial charge in [0.1, 0.15) is 11.4 Å². The molecule has 0 unspecified atom stereocenters. The molecule has 0 bridgehead atoms. The maximum Gasteiger partial charge on any atom is 0.292 e. The summed E-state index contributed by atoms with van der Waals surface area (Å²) in [5, 5.41) is 23.3. The van der Waals surface area contributed by atoms with Crippen LogP contribution in [0.1, 0.15) is 12.5 Å². The van der Waals surface area contributed by atoms with E-state index in [4.69, 9.17) is 0 Å². The summed E-state index contributed by atoms with van der Waals surface area (Å²) in [4.78, 5) is 11.7. The molecule has 6 heteroatoms. The van der Waals surface area contributed by atoms with Crippen LogP contribution in [0, 0.1) is 10.1 Å². The summed E-state index contributed by atoms with van der Waals surface area (Å²) in [7, 11) is 0. The molecule has 0 saturated carbocycles. The number of anilines is 1. The number of aromatic hydroxyl groups is 1. The number of hydrogen-bond acceptors (Lipinski definition) is 5. The van der Waals surface area contributed by atoms with Gasteiger partial charge in [-0.25, -0.2) is 0 Å². The molecule has 0 aliphatic heterocycles. The minimum absolute atomic E-state index is 0.0978. The molecule has 0 spiro atoms. The Morgan fingerprint density at radius 1 is 1.24 bits per heavy atom. The van der Waals surface area contributed by atoms with Crippen LogP contribution in [-0.4, -0.2) is 16.6 Å². The van der Waals surface area contributed by atoms with E-state index in [-0.39, 0.29) is 16.4 Å². The fourth-order valence-electron chi connectivity index (χ4n) is 1.87. The van der Waals surface area contributed by atoms with Crippen LogP contribution in [0.25, 0.3) is 0 Å². The van der Waals surface area contributed by atoms with Gasteiger partial charge < -0.3 is 10.4 Å². The number of nitro benzene ring substituents is 1. The molecule has 21 heavy (non-hydrogen) atoms. The summed E-state index contributed by atoms with van der Waals surface area (Å²) in [5.74, 6) is 0.864. The zero-order valence-electron chi connectivity index (χ0n) is 11.6. The third kappa shape index (κ3) is 4.13. The van der Waals surface area contributed by atoms with Gasteiger partial charge in [0, 0.05) is 23.3 Å². The third-order valence-electron chi connectivity index (χ3n) is 2.87. The lowest BCUT2D eigenvalue weighted by atomic mass is 10.2. The molecule has 2 aromatic rings. The van der Waals surface area contributed by atoms with Gasteiger partial charge in [-0.1, -0.05) is 6.07 Å². The van der Waals surface area contributed by atoms with Crippen LogP contribution in [0.15, 0.2) is 47.4 Å². The summed E-state index contributed by atoms with van der Waals surface area (Å²) in [6, 6.07) is 12.1. The minimum atomic E-state index is -0.368. The van der Waals surface area contributed by atoms with Crippen molar-refractivity contribution in [3.05, 3.63) is 58.1 Å². The lowest BCUT2D eigenvalue weighted by molar-refractivity contribution is -0.384. The standard InChI is InChI=1S/C15H16N2O3S/c1-2-16-14-8-3-11(9-15(14)17(19)20)10-21-13-6-4-12(18)5-7-13/h3-9,16,18H,2,10H2,1H3. The van der Waals surface area contributed by atoms with Crippen molar-refractivity contribution in [1.82, 2.24) is 0 Å². The Bertz CT molecular complexity index is 629. The highest BCUT2D eigenvalue weighted by atomic mass is 32.2. The number of rotatable bonds is 6. The molecular weight excluding hydrogens is 288 g/mol. The predicted octanol–water partition coefficient (Wildman–Crippen LogP) is 4.02. The van der Waals surface area contributed by atoms with E-state index in [1.165, 1.54) is 0 Å². The summed E-state index contributed by atoms with van der Waals surface area (Å²) < 4.78 is 0. The molecule has 0 saturated heterocycles. The van der Waals surface area contributed by atoms with Crippen molar-refractivity contribution in [3.8, 4) is 5.75 Å². The molecule has 110 valence electrons. The quantitative estimate of drug-likeness (QED) is 0.479. The van der Waals surface area contributed by atoms with Crippen LogP contribution in [0.4, 0.5) is 11.4 Å². The lowest BCUT2D eigenvalue weighted by Gasteiger charge is -2.07. The minimum Gasteiger partial charge on any atom is -0.508 e. The zero-order valence-corrected chi connectivity index (χ0v) is 12.4. The molecule has 0 heterocycles. The highest BCUT2D eigenvalue weighted by Gasteiger charge is 2.13. The molecule has 5 nitrogen and oxygen atoms in total. The normalized spacial score (nSPS) is 10.3. The lowest BCUT2D eigenvalue weighted by Crippen LogP contribution is -2.01. The van der Waals surface area contributed by atoms with E-state index >= 15 is 0 Å². The van der Waals surface area contributed by atoms with E-state index in [2.05, 4.69) is 5.32 Å². The Balaban J connectivity index is 2.11. The van der Waals surface area contributed by atoms with Crippen molar-refractivity contribution in [1.29, 1.82) is 0 Å². The molecule has 0 fully saturated rings. The van der Waals surface area contributed by atoms with Gasteiger partial charge in [-0.2, -0.15) is 0 Å². The number of benzene rings is 2. The van der Waals surface area contributed by atoms with E-state index in [1.54, 1.807) is 36.0 Å². The van der Waals surface area contributed by atoms with Gasteiger partial charge in [0.2, 0.25) is 0 Å². The van der Waals surface area contributed by atoms with Crippen LogP contribution < -0.4 is 5.32 Å². The highest BCUT2D eigenvalue weighted by Crippen LogP contribution is 2.29. The average molecular weight is 304 g/mol. The van der Waals surface area contributed by atoms with Crippen LogP contribution in [0.3, 0.4) is 0 Å². The van der Waals surface area contributed by atoms with Gasteiger partial charge in [-0.15, -0.1) is 11.8 Å². The molecule has 0 aromatic heterocycles. The third-order valence-corrected chi connectivity index (χ3v) is 3.95. The Labute approximate surface area is 127 Å². The van der Waals surface area contributed by atoms with Crippen molar-refractivity contribution in [2.45, 2.75) is 17.6 Å². The second-order valence-corrected chi connectivity index (χ2v) is 5.47. The van der Waals surface area contributed by atoms with Gasteiger partial charge in [-0.3, -0.25) is 10.1 Å². The Morgan fingerprint density at radius 3 is 2.57 bits per heavy atom. The summed E-state index contributed by atoms with van der Waals surface area (Å²) in [6.45, 7) is 2.54. The molecule has 2 aromatic carbocycles. The van der Waals surface area contributed by atoms with Crippen molar-refractivity contribution >= 4 is 23.1 Å². The van der Waals surface area contributed by atoms with Gasteiger partial charge in [0.05, 0.1) is 4.92 Å². The molecule has 0 aliphatic carbocycles. The van der Waals surface area contributed by atoms with Crippen LogP contribution in [0.5, 0.6) is 5.75 Å². The second kappa shape index (κ2) is 6.99. The van der Waals surface area contributed by atoms with Crippen LogP contribution in [-0.2, 0) is 5.75 Å². The number of nitrogens with zero attached hydrogens (tertiary/aromatic N) is 1. The largest absolute Gasteiger partial charge is 0.508 e. The Hall–Kier alpha value is -2.21. The Kier molecular flexibility index (Phi) is 5.05. The van der Waals surface area contributed by atoms with E-state index < -0.39 is 0 Å². The monoisotopic (exact) mass is 304 g/mol. The topological polar surface area (TPSA) is 75.4 Å². The highest BCUT2D eigenvalue weighted by molar-refractivity contribution is 7.98. The Morgan fingerprint density at radius 2 is 1.95 bits per heavy atom. The SMILES string of the molecule is CCNc1ccc(CSc2ccc(O)cc2)cc1[N+](=O)[O-]. The fourth-order valence-corrected chi connectivity index (χ4v) is 2.71. The maximum absolute atomic E-state index is 11.1. The molecule has 0 aliphatic rings. The number of hydrogen-bond donors (Lipinski definition) is 2. The molecule has 0 amide bonds. The van der Waals surface area contributed by atoms with Crippen molar-refractivity contribution < 1.29 is 10.0 Å². The zero-order chi connectivity index (χ0) is 15.2. The summed E-state index contributed by atoms with van der Waals surface area (Å²) >= 11 is 1.57. The predicted molar refractivity (Wildman–Crippen MR) is 84.9 cm³/mol. The number of nitrogens with one attached hydrogen (secondary N) is 1. The van der Waals surface area contributed by atoms with Crippen molar-refractivity contribution in [3.63, 3.8) is 0 Å². The first-order valence-electron chi connectivity index (χ1n) is 6.53. The summed E-state index contributed by atoms with van der Waals surface area (Å²) in [5.41, 5.74) is 1.53. The van der Waals surface area contributed by atoms with Gasteiger partial charge in [0.25, 0.3) is 5.69 Å². The molecule has 2 rings (SSSR count). The molecule has 0 atom stereocenters. The summed E-state index contributed by atoms with van der Waals surface area (Å²) in [6.07, 6.45) is 0. The van der Waals surface area contributed by atoms with E-state index in [0.717, 1.165) is 10.5 Å². The number of phenols is 1. The molecule has 0 radical (unpaired) electrons. The number of phenolic OH excluding ortho intramolecular Hbond substituents is 1. The fraction of sp³-hybridized carbons (Fsp3) is 0.200. The van der Waals surface area contributed by atoms with Crippen LogP contribution in [0.2, 0.25) is 0 Å². The number of thioether (sulfide) groups is 1. The van der Waals surface area contributed by atoms with Crippen LogP contribution >= 0.6 is 11.8 Å². The van der Waals surface area contributed by atoms with E-state index in [9.17, 15) is 15.2 Å². The van der Waals surface area contributed by atoms with E-state index in [0.29, 0.717) is 18.0 Å². The molecular formula is C15H16N2O3S. The first-order valence-corrected chi connectivity index (χ1v) is 7.51. The van der Waals surface area contributed by atoms with Gasteiger partial charge in [-0.05, 0) is 42.8 Å². The van der Waals surface area contributed by atoms with Gasteiger partial charge in [0.15, 0.2) is 0 Å². The number of nitro groups is 1.